The van der Waals surface area contributed by atoms with E-state index in [-0.39, 0.29) is 48.5 Å². The lowest BCUT2D eigenvalue weighted by Crippen LogP contribution is -2.48. The first-order chi connectivity index (χ1) is 24.3. The summed E-state index contributed by atoms with van der Waals surface area (Å²) in [7, 11) is 0. The number of aliphatic carboxylic acids is 1. The summed E-state index contributed by atoms with van der Waals surface area (Å²) in [6.45, 7) is 0.634. The molecule has 0 saturated carbocycles. The van der Waals surface area contributed by atoms with Crippen LogP contribution in [0.3, 0.4) is 0 Å². The highest BCUT2D eigenvalue weighted by molar-refractivity contribution is 7.98. The topological polar surface area (TPSA) is 105 Å². The summed E-state index contributed by atoms with van der Waals surface area (Å²) in [6.07, 6.45) is -11.9. The molecule has 0 spiro atoms. The maximum atomic E-state index is 14.1. The van der Waals surface area contributed by atoms with Gasteiger partial charge in [0.05, 0.1) is 53.8 Å². The lowest BCUT2D eigenvalue weighted by molar-refractivity contribution is -0.143. The first-order valence-corrected chi connectivity index (χ1v) is 17.1. The summed E-state index contributed by atoms with van der Waals surface area (Å²) in [5.74, 6) is -0.562. The molecule has 0 radical (unpaired) electrons. The molecule has 52 heavy (non-hydrogen) atoms. The van der Waals surface area contributed by atoms with E-state index in [0.717, 1.165) is 22.8 Å². The molecule has 1 aliphatic heterocycles. The van der Waals surface area contributed by atoms with E-state index in [2.05, 4.69) is 9.97 Å². The van der Waals surface area contributed by atoms with Crippen molar-refractivity contribution in [1.29, 1.82) is 0 Å². The van der Waals surface area contributed by atoms with E-state index in [0.29, 0.717) is 24.6 Å². The van der Waals surface area contributed by atoms with Gasteiger partial charge in [-0.3, -0.25) is 9.69 Å². The first kappa shape index (κ1) is 40.4. The fraction of sp³-hybridized carbons (Fsp3) is 0.455. The number of rotatable bonds is 13. The van der Waals surface area contributed by atoms with Crippen LogP contribution >= 0.6 is 11.8 Å². The number of aromatic nitrogens is 2. The van der Waals surface area contributed by atoms with Crippen molar-refractivity contribution in [3.05, 3.63) is 76.6 Å². The van der Waals surface area contributed by atoms with E-state index in [4.69, 9.17) is 14.6 Å². The van der Waals surface area contributed by atoms with Crippen molar-refractivity contribution in [1.82, 2.24) is 9.97 Å². The molecule has 2 heterocycles. The molecule has 2 atom stereocenters. The van der Waals surface area contributed by atoms with Gasteiger partial charge < -0.3 is 19.5 Å². The van der Waals surface area contributed by atoms with Gasteiger partial charge in [0.1, 0.15) is 6.61 Å². The average Bonchev–Trinajstić information content (AvgIpc) is 3.07. The Hall–Kier alpha value is -4.42. The Labute approximate surface area is 296 Å². The second kappa shape index (κ2) is 16.5. The van der Waals surface area contributed by atoms with Crippen molar-refractivity contribution in [2.75, 3.05) is 35.0 Å². The van der Waals surface area contributed by atoms with E-state index in [9.17, 15) is 49.1 Å². The minimum Gasteiger partial charge on any atom is -0.490 e. The number of benzene rings is 2. The molecule has 1 aromatic heterocycles. The summed E-state index contributed by atoms with van der Waals surface area (Å²) < 4.78 is 136. The van der Waals surface area contributed by atoms with Gasteiger partial charge in [0, 0.05) is 12.6 Å². The molecule has 2 aromatic carbocycles. The van der Waals surface area contributed by atoms with Crippen LogP contribution in [0.25, 0.3) is 0 Å². The molecule has 19 heteroatoms. The SMILES string of the molecule is CC[C@@H]1C[C@H](N(Cc2cc(C(F)(F)F)cc(C(F)(F)F)c2)c2ncc(OCCCSC)cn2)c2cc(C(F)(F)F)ccc2N1C(=O)OCCC(=O)O. The molecule has 0 bridgehead atoms. The molecule has 0 fully saturated rings. The number of nitrogens with zero attached hydrogens (tertiary/aromatic N) is 4. The number of thioether (sulfide) groups is 1. The number of fused-ring (bicyclic) bond motifs is 1. The molecule has 1 N–H and O–H groups in total. The second-order valence-electron chi connectivity index (χ2n) is 11.7. The van der Waals surface area contributed by atoms with E-state index < -0.39 is 84.5 Å². The lowest BCUT2D eigenvalue weighted by Gasteiger charge is -2.44. The summed E-state index contributed by atoms with van der Waals surface area (Å²) in [5.41, 5.74) is -5.14. The van der Waals surface area contributed by atoms with E-state index in [1.807, 2.05) is 6.26 Å². The molecular weight excluding hydrogens is 735 g/mol. The average molecular weight is 769 g/mol. The highest BCUT2D eigenvalue weighted by Gasteiger charge is 2.43. The maximum Gasteiger partial charge on any atom is 0.416 e. The van der Waals surface area contributed by atoms with Crippen molar-refractivity contribution in [3.63, 3.8) is 0 Å². The number of carboxylic acids is 1. The van der Waals surface area contributed by atoms with Crippen molar-refractivity contribution in [3.8, 4) is 5.75 Å². The third-order valence-electron chi connectivity index (χ3n) is 8.05. The molecule has 1 aliphatic rings. The molecule has 4 rings (SSSR count). The molecule has 0 unspecified atom stereocenters. The zero-order valence-electron chi connectivity index (χ0n) is 27.6. The minimum atomic E-state index is -5.18. The van der Waals surface area contributed by atoms with Crippen LogP contribution in [0.5, 0.6) is 5.75 Å². The van der Waals surface area contributed by atoms with E-state index in [1.165, 1.54) is 17.3 Å². The number of anilines is 2. The highest BCUT2D eigenvalue weighted by Crippen LogP contribution is 2.46. The third-order valence-corrected chi connectivity index (χ3v) is 8.75. The standard InChI is InChI=1S/C33H33F9N4O5S/c1-3-23-15-27(25-14-20(31(34,35)36)5-6-26(25)46(23)30(49)51-9-7-28(47)48)45(29-43-16-24(17-44-29)50-8-4-10-52-2)18-19-11-21(32(37,38)39)13-22(12-19)33(40,41)42/h5-6,11-14,16-17,23,27H,3-4,7-10,15,18H2,1-2H3,(H,47,48)/t23-,27+/m1/s1. The van der Waals surface area contributed by atoms with Gasteiger partial charge in [-0.2, -0.15) is 51.3 Å². The van der Waals surface area contributed by atoms with Gasteiger partial charge in [0.2, 0.25) is 5.95 Å². The number of carbonyl (C=O) groups excluding carboxylic acids is 1. The van der Waals surface area contributed by atoms with E-state index in [1.54, 1.807) is 18.7 Å². The summed E-state index contributed by atoms with van der Waals surface area (Å²) in [5, 5.41) is 8.97. The van der Waals surface area contributed by atoms with Crippen LogP contribution < -0.4 is 14.5 Å². The molecule has 0 aliphatic carbocycles. The van der Waals surface area contributed by atoms with Crippen molar-refractivity contribution in [2.45, 2.75) is 69.8 Å². The van der Waals surface area contributed by atoms with Crippen LogP contribution in [-0.2, 0) is 34.6 Å². The largest absolute Gasteiger partial charge is 0.490 e. The van der Waals surface area contributed by atoms with Crippen molar-refractivity contribution < 1.29 is 63.7 Å². The van der Waals surface area contributed by atoms with Crippen LogP contribution in [0.15, 0.2) is 48.8 Å². The minimum absolute atomic E-state index is 0.0417. The molecule has 284 valence electrons. The van der Waals surface area contributed by atoms with Gasteiger partial charge in [0.15, 0.2) is 5.75 Å². The van der Waals surface area contributed by atoms with E-state index >= 15 is 0 Å². The summed E-state index contributed by atoms with van der Waals surface area (Å²) >= 11 is 1.59. The summed E-state index contributed by atoms with van der Waals surface area (Å²) in [6, 6.07) is 1.31. The van der Waals surface area contributed by atoms with Gasteiger partial charge in [-0.25, -0.2) is 14.8 Å². The molecule has 1 amide bonds. The first-order valence-electron chi connectivity index (χ1n) is 15.7. The van der Waals surface area contributed by atoms with Crippen LogP contribution in [0.4, 0.5) is 55.9 Å². The van der Waals surface area contributed by atoms with Gasteiger partial charge >= 0.3 is 30.6 Å². The van der Waals surface area contributed by atoms with Gasteiger partial charge in [-0.15, -0.1) is 0 Å². The Balaban J connectivity index is 1.89. The number of carbonyl (C=O) groups is 2. The molecule has 3 aromatic rings. The fourth-order valence-corrected chi connectivity index (χ4v) is 6.05. The van der Waals surface area contributed by atoms with Gasteiger partial charge in [-0.05, 0) is 78.8 Å². The predicted octanol–water partition coefficient (Wildman–Crippen LogP) is 9.01. The normalized spacial score (nSPS) is 16.3. The number of amides is 1. The monoisotopic (exact) mass is 768 g/mol. The zero-order chi connectivity index (χ0) is 38.4. The van der Waals surface area contributed by atoms with Crippen LogP contribution in [-0.4, -0.2) is 58.4 Å². The van der Waals surface area contributed by atoms with Crippen LogP contribution in [0, 0.1) is 0 Å². The fourth-order valence-electron chi connectivity index (χ4n) is 5.64. The Morgan fingerprint density at radius 1 is 0.923 bits per heavy atom. The Morgan fingerprint density at radius 2 is 1.54 bits per heavy atom. The van der Waals surface area contributed by atoms with Crippen molar-refractivity contribution in [2.24, 2.45) is 0 Å². The van der Waals surface area contributed by atoms with Crippen molar-refractivity contribution >= 4 is 35.5 Å². The number of hydrogen-bond acceptors (Lipinski definition) is 8. The number of halogens is 9. The Morgan fingerprint density at radius 3 is 2.08 bits per heavy atom. The molecule has 9 nitrogen and oxygen atoms in total. The molecule has 0 saturated heterocycles. The van der Waals surface area contributed by atoms with Crippen LogP contribution in [0.1, 0.15) is 66.5 Å². The molecular formula is C33H33F9N4O5S. The number of ether oxygens (including phenoxy) is 2. The highest BCUT2D eigenvalue weighted by atomic mass is 32.2. The smallest absolute Gasteiger partial charge is 0.416 e. The van der Waals surface area contributed by atoms with Gasteiger partial charge in [-0.1, -0.05) is 6.92 Å². The predicted molar refractivity (Wildman–Crippen MR) is 172 cm³/mol. The quantitative estimate of drug-likeness (QED) is 0.135. The van der Waals surface area contributed by atoms with Crippen LogP contribution in [0.2, 0.25) is 0 Å². The lowest BCUT2D eigenvalue weighted by atomic mass is 9.87. The number of hydrogen-bond donors (Lipinski definition) is 1. The van der Waals surface area contributed by atoms with Gasteiger partial charge in [0.25, 0.3) is 0 Å². The zero-order valence-corrected chi connectivity index (χ0v) is 28.4. The Bertz CT molecular complexity index is 1670. The number of carboxylic acid groups (broad SMARTS) is 1. The number of alkyl halides is 9. The third kappa shape index (κ3) is 10.1. The second-order valence-corrected chi connectivity index (χ2v) is 12.7. The maximum absolute atomic E-state index is 14.1. The summed E-state index contributed by atoms with van der Waals surface area (Å²) in [4.78, 5) is 35.0. The Kier molecular flexibility index (Phi) is 12.8.